The van der Waals surface area contributed by atoms with Gasteiger partial charge in [0.2, 0.25) is 0 Å². The minimum absolute atomic E-state index is 0. The summed E-state index contributed by atoms with van der Waals surface area (Å²) in [6.45, 7) is 6.23. The summed E-state index contributed by atoms with van der Waals surface area (Å²) >= 11 is 1.80. The molecule has 1 saturated heterocycles. The van der Waals surface area contributed by atoms with Crippen molar-refractivity contribution in [3.05, 3.63) is 52.5 Å². The number of aliphatic hydroxyl groups excluding tert-OH is 1. The number of aromatic nitrogens is 1. The van der Waals surface area contributed by atoms with Gasteiger partial charge in [-0.15, -0.1) is 35.3 Å². The van der Waals surface area contributed by atoms with Gasteiger partial charge in [-0.2, -0.15) is 0 Å². The highest BCUT2D eigenvalue weighted by atomic mass is 127. The van der Waals surface area contributed by atoms with Crippen molar-refractivity contribution in [2.24, 2.45) is 4.99 Å². The van der Waals surface area contributed by atoms with Gasteiger partial charge in [-0.3, -0.25) is 14.9 Å². The van der Waals surface area contributed by atoms with Crippen LogP contribution in [0, 0.1) is 0 Å². The molecule has 154 valence electrons. The van der Waals surface area contributed by atoms with E-state index in [0.29, 0.717) is 19.1 Å². The number of halogens is 1. The van der Waals surface area contributed by atoms with Crippen LogP contribution in [0.3, 0.4) is 0 Å². The Morgan fingerprint density at radius 1 is 1.25 bits per heavy atom. The first-order valence-electron chi connectivity index (χ1n) is 9.65. The van der Waals surface area contributed by atoms with Crippen molar-refractivity contribution in [2.45, 2.75) is 31.9 Å². The van der Waals surface area contributed by atoms with Gasteiger partial charge < -0.3 is 15.7 Å². The number of aliphatic imine (C=N–C) groups is 1. The van der Waals surface area contributed by atoms with Crippen molar-refractivity contribution < 1.29 is 5.11 Å². The molecule has 0 aliphatic carbocycles. The van der Waals surface area contributed by atoms with E-state index in [2.05, 4.69) is 38.0 Å². The fourth-order valence-corrected chi connectivity index (χ4v) is 4.19. The summed E-state index contributed by atoms with van der Waals surface area (Å²) in [5.74, 6) is 0.742. The maximum atomic E-state index is 10.4. The van der Waals surface area contributed by atoms with Crippen LogP contribution in [0.1, 0.15) is 42.4 Å². The lowest BCUT2D eigenvalue weighted by Crippen LogP contribution is -2.40. The first-order chi connectivity index (χ1) is 13.3. The number of guanidine groups is 1. The smallest absolute Gasteiger partial charge is 0.191 e. The first kappa shape index (κ1) is 23.1. The molecule has 1 fully saturated rings. The zero-order chi connectivity index (χ0) is 18.9. The average molecular weight is 515 g/mol. The van der Waals surface area contributed by atoms with E-state index in [1.54, 1.807) is 23.7 Å². The number of likely N-dealkylation sites (tertiary alicyclic amines) is 1. The number of hydrogen-bond donors (Lipinski definition) is 3. The van der Waals surface area contributed by atoms with Crippen LogP contribution in [0.5, 0.6) is 0 Å². The van der Waals surface area contributed by atoms with Crippen LogP contribution in [-0.4, -0.2) is 53.7 Å². The number of nitrogens with zero attached hydrogens (tertiary/aromatic N) is 3. The molecule has 2 unspecified atom stereocenters. The molecule has 0 spiro atoms. The van der Waals surface area contributed by atoms with Crippen LogP contribution < -0.4 is 10.6 Å². The van der Waals surface area contributed by atoms with Gasteiger partial charge in [-0.25, -0.2) is 0 Å². The van der Waals surface area contributed by atoms with E-state index in [9.17, 15) is 5.11 Å². The predicted molar refractivity (Wildman–Crippen MR) is 126 cm³/mol. The Morgan fingerprint density at radius 3 is 2.64 bits per heavy atom. The van der Waals surface area contributed by atoms with E-state index in [4.69, 9.17) is 4.99 Å². The number of pyridine rings is 1. The quantitative estimate of drug-likeness (QED) is 0.286. The molecule has 2 aromatic heterocycles. The molecule has 3 N–H and O–H groups in total. The number of aliphatic hydroxyl groups is 1. The molecule has 6 nitrogen and oxygen atoms in total. The van der Waals surface area contributed by atoms with Crippen LogP contribution in [0.15, 0.2) is 47.0 Å². The molecule has 1 aliphatic rings. The summed E-state index contributed by atoms with van der Waals surface area (Å²) in [6.07, 6.45) is 5.33. The number of nitrogens with one attached hydrogen (secondary N) is 2. The SMILES string of the molecule is CCNC(=NCC(c1cccs1)N1CCCC1)NCC(O)c1ccncc1.I. The van der Waals surface area contributed by atoms with Crippen LogP contribution >= 0.6 is 35.3 Å². The minimum Gasteiger partial charge on any atom is -0.387 e. The molecule has 0 radical (unpaired) electrons. The van der Waals surface area contributed by atoms with Gasteiger partial charge in [-0.1, -0.05) is 6.07 Å². The van der Waals surface area contributed by atoms with Gasteiger partial charge in [0.15, 0.2) is 5.96 Å². The molecule has 2 aromatic rings. The molecule has 0 bridgehead atoms. The zero-order valence-electron chi connectivity index (χ0n) is 16.3. The predicted octanol–water partition coefficient (Wildman–Crippen LogP) is 3.19. The number of rotatable bonds is 8. The normalized spacial score (nSPS) is 17.0. The highest BCUT2D eigenvalue weighted by Gasteiger charge is 2.24. The minimum atomic E-state index is -0.594. The molecule has 0 amide bonds. The third-order valence-electron chi connectivity index (χ3n) is 4.77. The van der Waals surface area contributed by atoms with Crippen molar-refractivity contribution >= 4 is 41.3 Å². The second-order valence-corrected chi connectivity index (χ2v) is 7.65. The maximum Gasteiger partial charge on any atom is 0.191 e. The van der Waals surface area contributed by atoms with E-state index in [0.717, 1.165) is 31.2 Å². The Morgan fingerprint density at radius 2 is 2.00 bits per heavy atom. The van der Waals surface area contributed by atoms with E-state index in [1.807, 2.05) is 19.1 Å². The molecule has 1 aliphatic heterocycles. The van der Waals surface area contributed by atoms with E-state index in [1.165, 1.54) is 17.7 Å². The van der Waals surface area contributed by atoms with E-state index < -0.39 is 6.10 Å². The average Bonchev–Trinajstić information content (AvgIpc) is 3.41. The van der Waals surface area contributed by atoms with Gasteiger partial charge >= 0.3 is 0 Å². The highest BCUT2D eigenvalue weighted by molar-refractivity contribution is 14.0. The second-order valence-electron chi connectivity index (χ2n) is 6.67. The molecular weight excluding hydrogens is 485 g/mol. The molecule has 0 aromatic carbocycles. The number of hydrogen-bond acceptors (Lipinski definition) is 5. The number of thiophene rings is 1. The summed E-state index contributed by atoms with van der Waals surface area (Å²) in [7, 11) is 0. The fraction of sp³-hybridized carbons (Fsp3) is 0.500. The summed E-state index contributed by atoms with van der Waals surface area (Å²) in [6, 6.07) is 8.30. The van der Waals surface area contributed by atoms with Crippen LogP contribution in [0.25, 0.3) is 0 Å². The summed E-state index contributed by atoms with van der Waals surface area (Å²) < 4.78 is 0. The standard InChI is InChI=1S/C20H29N5OS.HI/c1-2-22-20(24-15-18(26)16-7-9-21-10-8-16)23-14-17(19-6-5-13-27-19)25-11-3-4-12-25;/h5-10,13,17-18,26H,2-4,11-12,14-15H2,1H3,(H2,22,23,24);1H. The van der Waals surface area contributed by atoms with Gasteiger partial charge in [0.05, 0.1) is 18.7 Å². The molecule has 3 heterocycles. The van der Waals surface area contributed by atoms with Gasteiger partial charge in [0, 0.05) is 30.4 Å². The van der Waals surface area contributed by atoms with Crippen molar-refractivity contribution in [3.8, 4) is 0 Å². The van der Waals surface area contributed by atoms with Crippen LogP contribution in [0.2, 0.25) is 0 Å². The third-order valence-corrected chi connectivity index (χ3v) is 5.75. The van der Waals surface area contributed by atoms with Gasteiger partial charge in [0.1, 0.15) is 0 Å². The second kappa shape index (κ2) is 12.4. The highest BCUT2D eigenvalue weighted by Crippen LogP contribution is 2.28. The molecule has 2 atom stereocenters. The van der Waals surface area contributed by atoms with Crippen LogP contribution in [-0.2, 0) is 0 Å². The Labute approximate surface area is 188 Å². The Hall–Kier alpha value is -1.23. The maximum absolute atomic E-state index is 10.4. The van der Waals surface area contributed by atoms with Crippen LogP contribution in [0.4, 0.5) is 0 Å². The molecule has 3 rings (SSSR count). The monoisotopic (exact) mass is 515 g/mol. The fourth-order valence-electron chi connectivity index (χ4n) is 3.34. The molecule has 0 saturated carbocycles. The molecular formula is C20H30IN5OS. The largest absolute Gasteiger partial charge is 0.387 e. The lowest BCUT2D eigenvalue weighted by atomic mass is 10.1. The Balaban J connectivity index is 0.00000280. The summed E-state index contributed by atoms with van der Waals surface area (Å²) in [5.41, 5.74) is 0.849. The topological polar surface area (TPSA) is 72.8 Å². The summed E-state index contributed by atoms with van der Waals surface area (Å²) in [5, 5.41) is 19.0. The van der Waals surface area contributed by atoms with Crippen molar-refractivity contribution in [3.63, 3.8) is 0 Å². The van der Waals surface area contributed by atoms with E-state index in [-0.39, 0.29) is 24.0 Å². The Kier molecular flexibility index (Phi) is 10.2. The lowest BCUT2D eigenvalue weighted by molar-refractivity contribution is 0.180. The Bertz CT molecular complexity index is 692. The summed E-state index contributed by atoms with van der Waals surface area (Å²) in [4.78, 5) is 12.7. The first-order valence-corrected chi connectivity index (χ1v) is 10.5. The van der Waals surface area contributed by atoms with Gasteiger partial charge in [0.25, 0.3) is 0 Å². The molecule has 8 heteroatoms. The van der Waals surface area contributed by atoms with Crippen molar-refractivity contribution in [1.82, 2.24) is 20.5 Å². The zero-order valence-corrected chi connectivity index (χ0v) is 19.4. The third kappa shape index (κ3) is 6.68. The van der Waals surface area contributed by atoms with Gasteiger partial charge in [-0.05, 0) is 62.0 Å². The van der Waals surface area contributed by atoms with Crippen molar-refractivity contribution in [2.75, 3.05) is 32.7 Å². The van der Waals surface area contributed by atoms with E-state index >= 15 is 0 Å². The molecule has 28 heavy (non-hydrogen) atoms. The van der Waals surface area contributed by atoms with Crippen molar-refractivity contribution in [1.29, 1.82) is 0 Å². The lowest BCUT2D eigenvalue weighted by Gasteiger charge is -2.25.